The molecule has 0 unspecified atom stereocenters. The molecule has 0 saturated carbocycles. The molecule has 2 aromatic carbocycles. The molecule has 1 aliphatic rings. The summed E-state index contributed by atoms with van der Waals surface area (Å²) in [7, 11) is 1.51. The maximum absolute atomic E-state index is 12.4. The topological polar surface area (TPSA) is 55.8 Å². The van der Waals surface area contributed by atoms with Crippen molar-refractivity contribution in [1.82, 2.24) is 4.90 Å². The number of imide groups is 1. The van der Waals surface area contributed by atoms with Gasteiger partial charge in [-0.15, -0.1) is 0 Å². The van der Waals surface area contributed by atoms with E-state index in [1.54, 1.807) is 18.2 Å². The fourth-order valence-corrected chi connectivity index (χ4v) is 4.04. The van der Waals surface area contributed by atoms with E-state index in [9.17, 15) is 9.59 Å². The number of nitrogens with zero attached hydrogens (tertiary/aromatic N) is 1. The molecule has 0 atom stereocenters. The second-order valence-corrected chi connectivity index (χ2v) is 7.72. The highest BCUT2D eigenvalue weighted by atomic mass is 35.5. The number of thioether (sulfide) groups is 1. The molecule has 146 valence electrons. The summed E-state index contributed by atoms with van der Waals surface area (Å²) in [5, 5.41) is 0.329. The lowest BCUT2D eigenvalue weighted by Crippen LogP contribution is -2.31. The Morgan fingerprint density at radius 2 is 1.79 bits per heavy atom. The average molecular weight is 438 g/mol. The van der Waals surface area contributed by atoms with E-state index >= 15 is 0 Å². The van der Waals surface area contributed by atoms with Gasteiger partial charge in [-0.05, 0) is 41.1 Å². The van der Waals surface area contributed by atoms with E-state index in [1.807, 2.05) is 30.3 Å². The van der Waals surface area contributed by atoms with Crippen LogP contribution >= 0.6 is 35.0 Å². The normalized spacial score (nSPS) is 15.5. The Balaban J connectivity index is 1.76. The number of carbonyl (C=O) groups is 2. The number of methoxy groups -OCH3 is 1. The highest BCUT2D eigenvalue weighted by molar-refractivity contribution is 8.18. The second-order valence-electron chi connectivity index (χ2n) is 5.91. The predicted octanol–water partition coefficient (Wildman–Crippen LogP) is 5.26. The number of amides is 2. The van der Waals surface area contributed by atoms with Gasteiger partial charge in [-0.3, -0.25) is 14.5 Å². The highest BCUT2D eigenvalue weighted by Crippen LogP contribution is 2.37. The zero-order valence-corrected chi connectivity index (χ0v) is 17.3. The number of rotatable bonds is 7. The Morgan fingerprint density at radius 1 is 1.11 bits per heavy atom. The zero-order valence-electron chi connectivity index (χ0n) is 15.0. The predicted molar refractivity (Wildman–Crippen MR) is 112 cm³/mol. The van der Waals surface area contributed by atoms with Crippen LogP contribution < -0.4 is 4.74 Å². The summed E-state index contributed by atoms with van der Waals surface area (Å²) >= 11 is 13.5. The highest BCUT2D eigenvalue weighted by Gasteiger charge is 2.34. The van der Waals surface area contributed by atoms with Gasteiger partial charge in [0.2, 0.25) is 0 Å². The molecule has 8 heteroatoms. The van der Waals surface area contributed by atoms with Gasteiger partial charge in [0.15, 0.2) is 5.75 Å². The number of halogens is 2. The Labute approximate surface area is 177 Å². The molecular weight excluding hydrogens is 421 g/mol. The quantitative estimate of drug-likeness (QED) is 0.553. The van der Waals surface area contributed by atoms with E-state index in [-0.39, 0.29) is 24.3 Å². The summed E-state index contributed by atoms with van der Waals surface area (Å²) in [6, 6.07) is 12.9. The maximum Gasteiger partial charge on any atom is 0.293 e. The van der Waals surface area contributed by atoms with Gasteiger partial charge in [-0.2, -0.15) is 0 Å². The molecule has 5 nitrogen and oxygen atoms in total. The second kappa shape index (κ2) is 9.47. The van der Waals surface area contributed by atoms with Gasteiger partial charge in [0.25, 0.3) is 11.1 Å². The van der Waals surface area contributed by atoms with E-state index in [2.05, 4.69) is 0 Å². The van der Waals surface area contributed by atoms with Crippen molar-refractivity contribution in [2.24, 2.45) is 0 Å². The van der Waals surface area contributed by atoms with Gasteiger partial charge in [-0.25, -0.2) is 0 Å². The molecule has 0 aliphatic carbocycles. The smallest absolute Gasteiger partial charge is 0.293 e. The Morgan fingerprint density at radius 3 is 2.43 bits per heavy atom. The van der Waals surface area contributed by atoms with Crippen molar-refractivity contribution in [3.05, 3.63) is 68.5 Å². The molecular formula is C20H17Cl2NO4S. The lowest BCUT2D eigenvalue weighted by molar-refractivity contribution is -0.123. The minimum Gasteiger partial charge on any atom is -0.486 e. The summed E-state index contributed by atoms with van der Waals surface area (Å²) < 4.78 is 10.7. The van der Waals surface area contributed by atoms with Crippen LogP contribution in [0.1, 0.15) is 11.1 Å². The van der Waals surface area contributed by atoms with Gasteiger partial charge < -0.3 is 9.47 Å². The first-order valence-corrected chi connectivity index (χ1v) is 9.97. The van der Waals surface area contributed by atoms with Gasteiger partial charge in [0.05, 0.1) is 28.1 Å². The van der Waals surface area contributed by atoms with E-state index in [1.165, 1.54) is 7.11 Å². The monoisotopic (exact) mass is 437 g/mol. The van der Waals surface area contributed by atoms with Crippen molar-refractivity contribution in [1.29, 1.82) is 0 Å². The van der Waals surface area contributed by atoms with Crippen LogP contribution in [0.4, 0.5) is 4.79 Å². The molecule has 1 heterocycles. The van der Waals surface area contributed by atoms with Crippen LogP contribution in [0.5, 0.6) is 5.75 Å². The number of hydrogen-bond donors (Lipinski definition) is 0. The molecule has 0 N–H and O–H groups in total. The summed E-state index contributed by atoms with van der Waals surface area (Å²) in [6.07, 6.45) is 1.59. The number of ether oxygens (including phenoxy) is 2. The molecule has 3 rings (SSSR count). The van der Waals surface area contributed by atoms with Crippen molar-refractivity contribution in [2.45, 2.75) is 6.61 Å². The molecule has 1 aliphatic heterocycles. The van der Waals surface area contributed by atoms with Gasteiger partial charge in [-0.1, -0.05) is 53.5 Å². The van der Waals surface area contributed by atoms with Crippen LogP contribution in [0.3, 0.4) is 0 Å². The SMILES string of the molecule is COCCN1C(=O)S/C(=C/c2cc(Cl)c(OCc3ccccc3)c(Cl)c2)C1=O. The van der Waals surface area contributed by atoms with Crippen LogP contribution in [0.15, 0.2) is 47.4 Å². The van der Waals surface area contributed by atoms with Crippen LogP contribution in [-0.2, 0) is 16.1 Å². The van der Waals surface area contributed by atoms with Crippen LogP contribution in [0, 0.1) is 0 Å². The largest absolute Gasteiger partial charge is 0.486 e. The summed E-state index contributed by atoms with van der Waals surface area (Å²) in [5.74, 6) is 0.0150. The third-order valence-corrected chi connectivity index (χ3v) is 5.41. The van der Waals surface area contributed by atoms with Crippen molar-refractivity contribution >= 4 is 52.2 Å². The lowest BCUT2D eigenvalue weighted by Gasteiger charge is -2.11. The lowest BCUT2D eigenvalue weighted by atomic mass is 10.2. The molecule has 0 aromatic heterocycles. The van der Waals surface area contributed by atoms with Crippen molar-refractivity contribution in [2.75, 3.05) is 20.3 Å². The van der Waals surface area contributed by atoms with Gasteiger partial charge in [0.1, 0.15) is 6.61 Å². The van der Waals surface area contributed by atoms with Crippen molar-refractivity contribution in [3.8, 4) is 5.75 Å². The number of hydrogen-bond acceptors (Lipinski definition) is 5. The number of carbonyl (C=O) groups excluding carboxylic acids is 2. The standard InChI is InChI=1S/C20H17Cl2NO4S/c1-26-8-7-23-19(24)17(28-20(23)25)11-14-9-15(21)18(16(22)10-14)27-12-13-5-3-2-4-6-13/h2-6,9-11H,7-8,12H2,1H3/b17-11+. The Kier molecular flexibility index (Phi) is 7.02. The molecule has 0 bridgehead atoms. The van der Waals surface area contributed by atoms with Gasteiger partial charge >= 0.3 is 0 Å². The summed E-state index contributed by atoms with van der Waals surface area (Å²) in [6.45, 7) is 0.834. The van der Waals surface area contributed by atoms with E-state index < -0.39 is 0 Å². The fraction of sp³-hybridized carbons (Fsp3) is 0.200. The van der Waals surface area contributed by atoms with Crippen LogP contribution in [0.2, 0.25) is 10.0 Å². The minimum absolute atomic E-state index is 0.215. The van der Waals surface area contributed by atoms with E-state index in [4.69, 9.17) is 32.7 Å². The minimum atomic E-state index is -0.358. The maximum atomic E-state index is 12.4. The molecule has 1 fully saturated rings. The van der Waals surface area contributed by atoms with Crippen molar-refractivity contribution < 1.29 is 19.1 Å². The van der Waals surface area contributed by atoms with E-state index in [0.29, 0.717) is 32.9 Å². The van der Waals surface area contributed by atoms with E-state index in [0.717, 1.165) is 22.2 Å². The fourth-order valence-electron chi connectivity index (χ4n) is 2.56. The third kappa shape index (κ3) is 4.89. The summed E-state index contributed by atoms with van der Waals surface area (Å²) in [4.78, 5) is 25.9. The first-order valence-electron chi connectivity index (χ1n) is 8.39. The average Bonchev–Trinajstić information content (AvgIpc) is 2.93. The molecule has 28 heavy (non-hydrogen) atoms. The first-order chi connectivity index (χ1) is 13.5. The molecule has 2 amide bonds. The third-order valence-electron chi connectivity index (χ3n) is 3.94. The Hall–Kier alpha value is -1.99. The zero-order chi connectivity index (χ0) is 20.1. The number of benzene rings is 2. The van der Waals surface area contributed by atoms with Crippen molar-refractivity contribution in [3.63, 3.8) is 0 Å². The first kappa shape index (κ1) is 20.7. The van der Waals surface area contributed by atoms with Gasteiger partial charge in [0, 0.05) is 7.11 Å². The summed E-state index contributed by atoms with van der Waals surface area (Å²) in [5.41, 5.74) is 1.60. The Bertz CT molecular complexity index is 895. The van der Waals surface area contributed by atoms with Crippen LogP contribution in [0.25, 0.3) is 6.08 Å². The molecule has 0 spiro atoms. The molecule has 1 saturated heterocycles. The molecule has 0 radical (unpaired) electrons. The molecule has 2 aromatic rings. The van der Waals surface area contributed by atoms with Crippen LogP contribution in [-0.4, -0.2) is 36.3 Å².